The van der Waals surface area contributed by atoms with E-state index in [-0.39, 0.29) is 28.2 Å². The molecule has 0 spiro atoms. The second-order valence-corrected chi connectivity index (χ2v) is 7.88. The van der Waals surface area contributed by atoms with E-state index >= 15 is 0 Å². The Labute approximate surface area is 187 Å². The van der Waals surface area contributed by atoms with E-state index in [2.05, 4.69) is 15.3 Å². The molecule has 4 aromatic rings. The minimum absolute atomic E-state index is 0.0105. The molecule has 8 nitrogen and oxygen atoms in total. The normalized spacial score (nSPS) is 12.8. The third kappa shape index (κ3) is 3.38. The standard InChI is InChI=1S/C25H18N4O4/c1-13-7-8-14(2)20(11-13)29-23(32)16-10-9-15(12-18(16)24(29)33)21(30)27-25-26-19-6-4-3-5-17(19)22(31)28-25/h3-12H,1-2H3,(H2,26,27,28,30,31). The molecule has 2 heterocycles. The van der Waals surface area contributed by atoms with Crippen molar-refractivity contribution < 1.29 is 14.4 Å². The highest BCUT2D eigenvalue weighted by Crippen LogP contribution is 2.31. The van der Waals surface area contributed by atoms with Crippen LogP contribution < -0.4 is 15.8 Å². The number of aromatic amines is 1. The van der Waals surface area contributed by atoms with Gasteiger partial charge in [0.15, 0.2) is 0 Å². The van der Waals surface area contributed by atoms with E-state index in [4.69, 9.17) is 0 Å². The number of benzene rings is 3. The van der Waals surface area contributed by atoms with Gasteiger partial charge in [0.1, 0.15) is 0 Å². The molecule has 0 aliphatic carbocycles. The van der Waals surface area contributed by atoms with E-state index in [1.807, 2.05) is 26.0 Å². The third-order valence-corrected chi connectivity index (χ3v) is 5.60. The summed E-state index contributed by atoms with van der Waals surface area (Å²) in [6, 6.07) is 16.6. The Hall–Kier alpha value is -4.59. The molecule has 0 saturated carbocycles. The lowest BCUT2D eigenvalue weighted by molar-refractivity contribution is 0.0925. The number of para-hydroxylation sites is 1. The molecule has 5 rings (SSSR count). The first-order valence-electron chi connectivity index (χ1n) is 10.2. The number of amides is 3. The smallest absolute Gasteiger partial charge is 0.266 e. The number of anilines is 2. The summed E-state index contributed by atoms with van der Waals surface area (Å²) in [5.41, 5.74) is 2.83. The Balaban J connectivity index is 1.47. The van der Waals surface area contributed by atoms with Gasteiger partial charge in [0, 0.05) is 5.56 Å². The number of nitrogens with one attached hydrogen (secondary N) is 2. The molecule has 3 aromatic carbocycles. The van der Waals surface area contributed by atoms with Gasteiger partial charge in [0.25, 0.3) is 23.3 Å². The number of fused-ring (bicyclic) bond motifs is 2. The minimum atomic E-state index is -0.568. The van der Waals surface area contributed by atoms with Crippen molar-refractivity contribution in [3.8, 4) is 0 Å². The molecule has 8 heteroatoms. The van der Waals surface area contributed by atoms with Gasteiger partial charge >= 0.3 is 0 Å². The van der Waals surface area contributed by atoms with Crippen LogP contribution in [0.2, 0.25) is 0 Å². The Kier molecular flexibility index (Phi) is 4.63. The highest BCUT2D eigenvalue weighted by Gasteiger charge is 2.37. The number of aromatic nitrogens is 2. The molecule has 33 heavy (non-hydrogen) atoms. The topological polar surface area (TPSA) is 112 Å². The van der Waals surface area contributed by atoms with Gasteiger partial charge in [-0.2, -0.15) is 0 Å². The SMILES string of the molecule is Cc1ccc(C)c(N2C(=O)c3ccc(C(=O)Nc4nc5ccccc5c(=O)[nH]4)cc3C2=O)c1. The molecule has 1 aromatic heterocycles. The highest BCUT2D eigenvalue weighted by atomic mass is 16.2. The predicted molar refractivity (Wildman–Crippen MR) is 124 cm³/mol. The molecule has 1 aliphatic rings. The molecular weight excluding hydrogens is 420 g/mol. The largest absolute Gasteiger partial charge is 0.292 e. The lowest BCUT2D eigenvalue weighted by Crippen LogP contribution is -2.30. The maximum Gasteiger partial charge on any atom is 0.266 e. The van der Waals surface area contributed by atoms with Gasteiger partial charge in [-0.15, -0.1) is 0 Å². The summed E-state index contributed by atoms with van der Waals surface area (Å²) in [5, 5.41) is 2.96. The summed E-state index contributed by atoms with van der Waals surface area (Å²) >= 11 is 0. The fourth-order valence-corrected chi connectivity index (χ4v) is 3.89. The van der Waals surface area contributed by atoms with Crippen molar-refractivity contribution in [2.24, 2.45) is 0 Å². The van der Waals surface area contributed by atoms with Crippen molar-refractivity contribution >= 4 is 40.3 Å². The average molecular weight is 438 g/mol. The molecule has 0 saturated heterocycles. The molecular formula is C25H18N4O4. The van der Waals surface area contributed by atoms with Gasteiger partial charge in [-0.1, -0.05) is 24.3 Å². The summed E-state index contributed by atoms with van der Waals surface area (Å²) < 4.78 is 0. The predicted octanol–water partition coefficient (Wildman–Crippen LogP) is 3.59. The first-order chi connectivity index (χ1) is 15.8. The Bertz CT molecular complexity index is 1550. The third-order valence-electron chi connectivity index (χ3n) is 5.60. The fraction of sp³-hybridized carbons (Fsp3) is 0.0800. The van der Waals surface area contributed by atoms with Crippen LogP contribution in [-0.2, 0) is 0 Å². The van der Waals surface area contributed by atoms with Crippen LogP contribution in [-0.4, -0.2) is 27.7 Å². The number of nitrogens with zero attached hydrogens (tertiary/aromatic N) is 2. The van der Waals surface area contributed by atoms with E-state index in [0.29, 0.717) is 16.6 Å². The lowest BCUT2D eigenvalue weighted by Gasteiger charge is -2.17. The molecule has 1 aliphatic heterocycles. The summed E-state index contributed by atoms with van der Waals surface area (Å²) in [4.78, 5) is 59.0. The van der Waals surface area contributed by atoms with Crippen LogP contribution in [0.4, 0.5) is 11.6 Å². The Morgan fingerprint density at radius 1 is 0.909 bits per heavy atom. The van der Waals surface area contributed by atoms with Gasteiger partial charge in [-0.3, -0.25) is 29.5 Å². The van der Waals surface area contributed by atoms with E-state index in [9.17, 15) is 19.2 Å². The molecule has 0 fully saturated rings. The molecule has 0 radical (unpaired) electrons. The van der Waals surface area contributed by atoms with Crippen LogP contribution in [0.3, 0.4) is 0 Å². The van der Waals surface area contributed by atoms with Gasteiger partial charge in [0.2, 0.25) is 5.95 Å². The average Bonchev–Trinajstić information content (AvgIpc) is 3.05. The van der Waals surface area contributed by atoms with E-state index < -0.39 is 17.7 Å². The van der Waals surface area contributed by atoms with Crippen LogP contribution in [0.25, 0.3) is 10.9 Å². The first kappa shape index (κ1) is 20.3. The van der Waals surface area contributed by atoms with Crippen LogP contribution in [0.15, 0.2) is 65.5 Å². The highest BCUT2D eigenvalue weighted by molar-refractivity contribution is 6.35. The van der Waals surface area contributed by atoms with Crippen LogP contribution in [0.5, 0.6) is 0 Å². The first-order valence-corrected chi connectivity index (χ1v) is 10.2. The quantitative estimate of drug-likeness (QED) is 0.475. The molecule has 0 atom stereocenters. The number of hydrogen-bond donors (Lipinski definition) is 2. The summed E-state index contributed by atoms with van der Waals surface area (Å²) in [6.07, 6.45) is 0. The number of rotatable bonds is 3. The van der Waals surface area contributed by atoms with Crippen LogP contribution in [0, 0.1) is 13.8 Å². The monoisotopic (exact) mass is 438 g/mol. The number of hydrogen-bond acceptors (Lipinski definition) is 5. The molecule has 0 unspecified atom stereocenters. The second kappa shape index (κ2) is 7.52. The number of H-pyrrole nitrogens is 1. The number of carbonyl (C=O) groups is 3. The summed E-state index contributed by atoms with van der Waals surface area (Å²) in [7, 11) is 0. The molecule has 162 valence electrons. The zero-order valence-corrected chi connectivity index (χ0v) is 17.8. The van der Waals surface area contributed by atoms with Crippen molar-refractivity contribution in [3.63, 3.8) is 0 Å². The fourth-order valence-electron chi connectivity index (χ4n) is 3.89. The van der Waals surface area contributed by atoms with E-state index in [1.165, 1.54) is 18.2 Å². The van der Waals surface area contributed by atoms with Crippen molar-refractivity contribution in [3.05, 3.63) is 98.8 Å². The van der Waals surface area contributed by atoms with Crippen molar-refractivity contribution in [1.82, 2.24) is 9.97 Å². The van der Waals surface area contributed by atoms with Gasteiger partial charge in [-0.05, 0) is 61.4 Å². The molecule has 3 amide bonds. The zero-order valence-electron chi connectivity index (χ0n) is 17.8. The maximum atomic E-state index is 13.1. The lowest BCUT2D eigenvalue weighted by atomic mass is 10.1. The number of carbonyl (C=O) groups excluding carboxylic acids is 3. The molecule has 0 bridgehead atoms. The number of imide groups is 1. The number of aryl methyl sites for hydroxylation is 2. The Morgan fingerprint density at radius 3 is 2.48 bits per heavy atom. The van der Waals surface area contributed by atoms with Gasteiger partial charge in [-0.25, -0.2) is 9.88 Å². The van der Waals surface area contributed by atoms with Crippen molar-refractivity contribution in [2.75, 3.05) is 10.2 Å². The van der Waals surface area contributed by atoms with Crippen LogP contribution >= 0.6 is 0 Å². The van der Waals surface area contributed by atoms with Crippen molar-refractivity contribution in [2.45, 2.75) is 13.8 Å². The van der Waals surface area contributed by atoms with Gasteiger partial charge in [0.05, 0.1) is 27.7 Å². The summed E-state index contributed by atoms with van der Waals surface area (Å²) in [6.45, 7) is 3.71. The zero-order chi connectivity index (χ0) is 23.3. The van der Waals surface area contributed by atoms with E-state index in [0.717, 1.165) is 16.0 Å². The van der Waals surface area contributed by atoms with Gasteiger partial charge < -0.3 is 0 Å². The van der Waals surface area contributed by atoms with E-state index in [1.54, 1.807) is 30.3 Å². The second-order valence-electron chi connectivity index (χ2n) is 7.88. The minimum Gasteiger partial charge on any atom is -0.292 e. The Morgan fingerprint density at radius 2 is 1.67 bits per heavy atom. The van der Waals surface area contributed by atoms with Crippen LogP contribution in [0.1, 0.15) is 42.2 Å². The summed E-state index contributed by atoms with van der Waals surface area (Å²) in [5.74, 6) is -1.50. The maximum absolute atomic E-state index is 13.1. The van der Waals surface area contributed by atoms with Crippen molar-refractivity contribution in [1.29, 1.82) is 0 Å². The molecule has 2 N–H and O–H groups in total.